The van der Waals surface area contributed by atoms with Crippen LogP contribution in [-0.4, -0.2) is 22.6 Å². The molecule has 5 heteroatoms. The van der Waals surface area contributed by atoms with Crippen LogP contribution in [0.4, 0.5) is 0 Å². The van der Waals surface area contributed by atoms with Gasteiger partial charge >= 0.3 is 0 Å². The van der Waals surface area contributed by atoms with Gasteiger partial charge in [0.15, 0.2) is 5.84 Å². The van der Waals surface area contributed by atoms with Gasteiger partial charge in [-0.25, -0.2) is 0 Å². The highest BCUT2D eigenvalue weighted by atomic mass is 16.4. The van der Waals surface area contributed by atoms with Crippen LogP contribution in [0.25, 0.3) is 0 Å². The van der Waals surface area contributed by atoms with E-state index in [1.807, 2.05) is 6.07 Å². The van der Waals surface area contributed by atoms with Crippen molar-refractivity contribution in [1.29, 1.82) is 0 Å². The molecule has 0 saturated heterocycles. The van der Waals surface area contributed by atoms with Crippen LogP contribution in [0.3, 0.4) is 0 Å². The molecule has 16 heavy (non-hydrogen) atoms. The molecule has 0 fully saturated rings. The van der Waals surface area contributed by atoms with Gasteiger partial charge in [-0.2, -0.15) is 0 Å². The van der Waals surface area contributed by atoms with E-state index >= 15 is 0 Å². The molecule has 5 nitrogen and oxygen atoms in total. The molecule has 1 rings (SSSR count). The van der Waals surface area contributed by atoms with Crippen molar-refractivity contribution in [2.24, 2.45) is 10.9 Å². The highest BCUT2D eigenvalue weighted by molar-refractivity contribution is 5.96. The average molecular weight is 218 g/mol. The summed E-state index contributed by atoms with van der Waals surface area (Å²) < 4.78 is 0. The Morgan fingerprint density at radius 3 is 3.19 bits per heavy atom. The smallest absolute Gasteiger partial charge is 0.189 e. The summed E-state index contributed by atoms with van der Waals surface area (Å²) in [6.07, 6.45) is 7.39. The molecule has 0 radical (unpaired) electrons. The lowest BCUT2D eigenvalue weighted by molar-refractivity contribution is 0.318. The fraction of sp³-hybridized carbons (Fsp3) is 0.273. The van der Waals surface area contributed by atoms with Gasteiger partial charge in [0.05, 0.1) is 0 Å². The molecule has 0 spiro atoms. The van der Waals surface area contributed by atoms with E-state index in [9.17, 15) is 0 Å². The van der Waals surface area contributed by atoms with Gasteiger partial charge in [-0.1, -0.05) is 11.2 Å². The lowest BCUT2D eigenvalue weighted by atomic mass is 10.2. The second-order valence-electron chi connectivity index (χ2n) is 3.13. The van der Waals surface area contributed by atoms with Crippen LogP contribution < -0.4 is 11.1 Å². The third kappa shape index (κ3) is 3.26. The molecule has 4 N–H and O–H groups in total. The van der Waals surface area contributed by atoms with Gasteiger partial charge in [-0.3, -0.25) is 4.98 Å². The quantitative estimate of drug-likeness (QED) is 0.166. The number of nitrogens with zero attached hydrogens (tertiary/aromatic N) is 2. The topological polar surface area (TPSA) is 83.5 Å². The molecule has 0 unspecified atom stereocenters. The number of pyridine rings is 1. The Morgan fingerprint density at radius 1 is 1.69 bits per heavy atom. The minimum atomic E-state index is 0.00866. The number of amidine groups is 1. The van der Waals surface area contributed by atoms with Crippen molar-refractivity contribution in [2.75, 3.05) is 6.54 Å². The van der Waals surface area contributed by atoms with E-state index < -0.39 is 0 Å². The van der Waals surface area contributed by atoms with Crippen molar-refractivity contribution in [3.8, 4) is 12.3 Å². The van der Waals surface area contributed by atoms with Crippen LogP contribution in [0.1, 0.15) is 17.7 Å². The number of hydrogen-bond donors (Lipinski definition) is 3. The normalized spacial score (nSPS) is 11.1. The molecule has 0 saturated carbocycles. The van der Waals surface area contributed by atoms with E-state index in [0.717, 1.165) is 12.1 Å². The largest absolute Gasteiger partial charge is 0.409 e. The Kier molecular flexibility index (Phi) is 4.83. The van der Waals surface area contributed by atoms with Crippen LogP contribution >= 0.6 is 0 Å². The standard InChI is InChI=1S/C11H14N4O/c1-2-3-6-13-8-9-5-4-7-14-10(9)11(12)15-16/h1,4-5,7,13,16H,3,6,8H2,(H2,12,15). The third-order valence-corrected chi connectivity index (χ3v) is 2.00. The summed E-state index contributed by atoms with van der Waals surface area (Å²) in [5.74, 6) is 2.54. The van der Waals surface area contributed by atoms with Crippen molar-refractivity contribution in [3.63, 3.8) is 0 Å². The highest BCUT2D eigenvalue weighted by Gasteiger charge is 2.06. The molecule has 0 atom stereocenters. The number of hydrogen-bond acceptors (Lipinski definition) is 4. The highest BCUT2D eigenvalue weighted by Crippen LogP contribution is 2.04. The number of oxime groups is 1. The Balaban J connectivity index is 2.69. The van der Waals surface area contributed by atoms with Crippen LogP contribution in [0, 0.1) is 12.3 Å². The summed E-state index contributed by atoms with van der Waals surface area (Å²) in [7, 11) is 0. The van der Waals surface area contributed by atoms with Gasteiger partial charge in [0.25, 0.3) is 0 Å². The van der Waals surface area contributed by atoms with Crippen molar-refractivity contribution in [3.05, 3.63) is 29.6 Å². The molecule has 0 bridgehead atoms. The van der Waals surface area contributed by atoms with E-state index in [2.05, 4.69) is 21.4 Å². The first kappa shape index (κ1) is 12.0. The van der Waals surface area contributed by atoms with E-state index in [4.69, 9.17) is 17.4 Å². The fourth-order valence-corrected chi connectivity index (χ4v) is 1.24. The molecule has 1 aromatic rings. The predicted molar refractivity (Wildman–Crippen MR) is 61.9 cm³/mol. The van der Waals surface area contributed by atoms with Gasteiger partial charge in [-0.05, 0) is 11.6 Å². The van der Waals surface area contributed by atoms with E-state index in [0.29, 0.717) is 18.7 Å². The zero-order chi connectivity index (χ0) is 11.8. The molecule has 0 aromatic carbocycles. The Hall–Kier alpha value is -2.06. The summed E-state index contributed by atoms with van der Waals surface area (Å²) >= 11 is 0. The second kappa shape index (κ2) is 6.43. The number of terminal acetylenes is 1. The maximum absolute atomic E-state index is 8.60. The number of rotatable bonds is 5. The van der Waals surface area contributed by atoms with Gasteiger partial charge in [0, 0.05) is 25.7 Å². The lowest BCUT2D eigenvalue weighted by Gasteiger charge is -2.07. The molecular formula is C11H14N4O. The molecule has 0 amide bonds. The van der Waals surface area contributed by atoms with Gasteiger partial charge in [0.2, 0.25) is 0 Å². The van der Waals surface area contributed by atoms with Gasteiger partial charge < -0.3 is 16.3 Å². The summed E-state index contributed by atoms with van der Waals surface area (Å²) in [6.45, 7) is 1.31. The van der Waals surface area contributed by atoms with Crippen molar-refractivity contribution < 1.29 is 5.21 Å². The number of nitrogens with two attached hydrogens (primary N) is 1. The second-order valence-corrected chi connectivity index (χ2v) is 3.13. The molecule has 1 aromatic heterocycles. The maximum Gasteiger partial charge on any atom is 0.189 e. The first-order chi connectivity index (χ1) is 7.79. The maximum atomic E-state index is 8.60. The minimum absolute atomic E-state index is 0.00866. The van der Waals surface area contributed by atoms with Crippen LogP contribution in [0.15, 0.2) is 23.5 Å². The van der Waals surface area contributed by atoms with Gasteiger partial charge in [-0.15, -0.1) is 12.3 Å². The van der Waals surface area contributed by atoms with E-state index in [1.165, 1.54) is 0 Å². The Labute approximate surface area is 94.4 Å². The molecule has 0 aliphatic heterocycles. The zero-order valence-electron chi connectivity index (χ0n) is 8.85. The van der Waals surface area contributed by atoms with E-state index in [1.54, 1.807) is 12.3 Å². The molecule has 1 heterocycles. The number of nitrogens with one attached hydrogen (secondary N) is 1. The van der Waals surface area contributed by atoms with Crippen LogP contribution in [0.2, 0.25) is 0 Å². The summed E-state index contributed by atoms with van der Waals surface area (Å²) in [6, 6.07) is 3.66. The van der Waals surface area contributed by atoms with Crippen LogP contribution in [-0.2, 0) is 6.54 Å². The van der Waals surface area contributed by atoms with Gasteiger partial charge in [0.1, 0.15) is 5.69 Å². The van der Waals surface area contributed by atoms with Crippen molar-refractivity contribution >= 4 is 5.84 Å². The lowest BCUT2D eigenvalue weighted by Crippen LogP contribution is -2.21. The van der Waals surface area contributed by atoms with Crippen molar-refractivity contribution in [2.45, 2.75) is 13.0 Å². The third-order valence-electron chi connectivity index (χ3n) is 2.00. The Bertz CT molecular complexity index is 409. The Morgan fingerprint density at radius 2 is 2.50 bits per heavy atom. The molecule has 84 valence electrons. The SMILES string of the molecule is C#CCCNCc1cccnc1C(N)=NO. The summed E-state index contributed by atoms with van der Waals surface area (Å²) in [5.41, 5.74) is 6.86. The molecule has 0 aliphatic rings. The zero-order valence-corrected chi connectivity index (χ0v) is 8.85. The first-order valence-electron chi connectivity index (χ1n) is 4.85. The fourth-order valence-electron chi connectivity index (χ4n) is 1.24. The summed E-state index contributed by atoms with van der Waals surface area (Å²) in [5, 5.41) is 14.7. The summed E-state index contributed by atoms with van der Waals surface area (Å²) in [4.78, 5) is 4.05. The average Bonchev–Trinajstić information content (AvgIpc) is 2.34. The number of aromatic nitrogens is 1. The molecular weight excluding hydrogens is 204 g/mol. The predicted octanol–water partition coefficient (Wildman–Crippen LogP) is 0.289. The van der Waals surface area contributed by atoms with Crippen LogP contribution in [0.5, 0.6) is 0 Å². The molecule has 0 aliphatic carbocycles. The monoisotopic (exact) mass is 218 g/mol. The van der Waals surface area contributed by atoms with E-state index in [-0.39, 0.29) is 5.84 Å². The first-order valence-corrected chi connectivity index (χ1v) is 4.85. The minimum Gasteiger partial charge on any atom is -0.409 e. The van der Waals surface area contributed by atoms with Crippen molar-refractivity contribution in [1.82, 2.24) is 10.3 Å².